The Balaban J connectivity index is 1.54. The SMILES string of the molecule is O=C1/C(=C\c2cc(Br)c(OCc3ccc(F)cc3)c(Br)c2)SC(=S)N1c1ccc(F)cc1. The van der Waals surface area contributed by atoms with Crippen molar-refractivity contribution in [2.24, 2.45) is 0 Å². The first kappa shape index (κ1) is 23.1. The molecule has 1 aliphatic heterocycles. The average Bonchev–Trinajstić information content (AvgIpc) is 3.02. The van der Waals surface area contributed by atoms with Crippen molar-refractivity contribution in [3.63, 3.8) is 0 Å². The summed E-state index contributed by atoms with van der Waals surface area (Å²) >= 11 is 13.6. The first-order valence-electron chi connectivity index (χ1n) is 9.21. The minimum atomic E-state index is -0.383. The van der Waals surface area contributed by atoms with E-state index in [1.165, 1.54) is 53.1 Å². The molecule has 0 unspecified atom stereocenters. The van der Waals surface area contributed by atoms with Crippen molar-refractivity contribution in [2.45, 2.75) is 6.61 Å². The maximum absolute atomic E-state index is 13.2. The van der Waals surface area contributed by atoms with Crippen LogP contribution in [0.5, 0.6) is 5.75 Å². The number of nitrogens with zero attached hydrogens (tertiary/aromatic N) is 1. The zero-order valence-corrected chi connectivity index (χ0v) is 21.0. The second kappa shape index (κ2) is 9.82. The molecule has 0 bridgehead atoms. The molecule has 1 heterocycles. The van der Waals surface area contributed by atoms with Crippen LogP contribution in [0.3, 0.4) is 0 Å². The van der Waals surface area contributed by atoms with Crippen LogP contribution in [0.1, 0.15) is 11.1 Å². The van der Waals surface area contributed by atoms with Crippen LogP contribution in [0, 0.1) is 11.6 Å². The molecule has 0 atom stereocenters. The molecule has 9 heteroatoms. The van der Waals surface area contributed by atoms with E-state index in [0.717, 1.165) is 11.1 Å². The Kier molecular flexibility index (Phi) is 7.09. The predicted octanol–water partition coefficient (Wildman–Crippen LogP) is 7.47. The van der Waals surface area contributed by atoms with Gasteiger partial charge >= 0.3 is 0 Å². The number of ether oxygens (including phenoxy) is 1. The van der Waals surface area contributed by atoms with Gasteiger partial charge in [0.05, 0.1) is 19.5 Å². The number of amides is 1. The zero-order valence-electron chi connectivity index (χ0n) is 16.2. The number of thiocarbonyl (C=S) groups is 1. The smallest absolute Gasteiger partial charge is 0.270 e. The Morgan fingerprint density at radius 1 is 0.969 bits per heavy atom. The highest BCUT2D eigenvalue weighted by Crippen LogP contribution is 2.39. The number of carbonyl (C=O) groups excluding carboxylic acids is 1. The van der Waals surface area contributed by atoms with Crippen molar-refractivity contribution >= 4 is 77.8 Å². The lowest BCUT2D eigenvalue weighted by Crippen LogP contribution is -2.27. The predicted molar refractivity (Wildman–Crippen MR) is 135 cm³/mol. The fourth-order valence-electron chi connectivity index (χ4n) is 2.97. The van der Waals surface area contributed by atoms with Gasteiger partial charge in [-0.15, -0.1) is 0 Å². The number of hydrogen-bond acceptors (Lipinski definition) is 4. The Morgan fingerprint density at radius 3 is 2.12 bits per heavy atom. The first-order chi connectivity index (χ1) is 15.3. The molecule has 3 aromatic rings. The quantitative estimate of drug-likeness (QED) is 0.226. The Morgan fingerprint density at radius 2 is 1.53 bits per heavy atom. The minimum Gasteiger partial charge on any atom is -0.487 e. The van der Waals surface area contributed by atoms with E-state index >= 15 is 0 Å². The number of carbonyl (C=O) groups is 1. The van der Waals surface area contributed by atoms with E-state index in [9.17, 15) is 13.6 Å². The molecule has 3 aromatic carbocycles. The molecule has 162 valence electrons. The molecule has 0 saturated carbocycles. The van der Waals surface area contributed by atoms with E-state index < -0.39 is 0 Å². The van der Waals surface area contributed by atoms with Gasteiger partial charge in [-0.3, -0.25) is 9.69 Å². The van der Waals surface area contributed by atoms with Gasteiger partial charge in [-0.1, -0.05) is 36.1 Å². The van der Waals surface area contributed by atoms with Crippen molar-refractivity contribution in [1.82, 2.24) is 0 Å². The van der Waals surface area contributed by atoms with Gasteiger partial charge in [-0.25, -0.2) is 8.78 Å². The summed E-state index contributed by atoms with van der Waals surface area (Å²) in [6.07, 6.45) is 1.74. The van der Waals surface area contributed by atoms with Gasteiger partial charge < -0.3 is 4.74 Å². The lowest BCUT2D eigenvalue weighted by molar-refractivity contribution is -0.113. The van der Waals surface area contributed by atoms with Crippen molar-refractivity contribution in [3.05, 3.63) is 97.3 Å². The number of benzene rings is 3. The lowest BCUT2D eigenvalue weighted by Gasteiger charge is -2.14. The summed E-state index contributed by atoms with van der Waals surface area (Å²) < 4.78 is 33.9. The van der Waals surface area contributed by atoms with Crippen LogP contribution in [-0.4, -0.2) is 10.2 Å². The zero-order chi connectivity index (χ0) is 22.8. The highest BCUT2D eigenvalue weighted by molar-refractivity contribution is 9.11. The number of anilines is 1. The molecule has 1 fully saturated rings. The third-order valence-corrected chi connectivity index (χ3v) is 6.97. The number of halogens is 4. The van der Waals surface area contributed by atoms with Crippen LogP contribution < -0.4 is 9.64 Å². The van der Waals surface area contributed by atoms with E-state index in [1.807, 2.05) is 12.1 Å². The largest absolute Gasteiger partial charge is 0.487 e. The number of hydrogen-bond donors (Lipinski definition) is 0. The van der Waals surface area contributed by atoms with Crippen LogP contribution in [-0.2, 0) is 11.4 Å². The topological polar surface area (TPSA) is 29.5 Å². The van der Waals surface area contributed by atoms with Crippen molar-refractivity contribution < 1.29 is 18.3 Å². The maximum Gasteiger partial charge on any atom is 0.270 e. The standard InChI is InChI=1S/C23H13Br2F2NO2S2/c24-18-9-14(10-19(25)21(18)30-12-13-1-3-15(26)4-2-13)11-20-22(29)28(23(31)32-20)17-7-5-16(27)6-8-17/h1-11H,12H2/b20-11+. The van der Waals surface area contributed by atoms with Gasteiger partial charge in [0.2, 0.25) is 0 Å². The van der Waals surface area contributed by atoms with Gasteiger partial charge in [0.1, 0.15) is 24.0 Å². The highest BCUT2D eigenvalue weighted by Gasteiger charge is 2.33. The van der Waals surface area contributed by atoms with E-state index in [-0.39, 0.29) is 24.1 Å². The number of rotatable bonds is 5. The summed E-state index contributed by atoms with van der Waals surface area (Å²) in [7, 11) is 0. The summed E-state index contributed by atoms with van der Waals surface area (Å²) in [5.74, 6) is -0.364. The van der Waals surface area contributed by atoms with Gasteiger partial charge in [0.25, 0.3) is 5.91 Å². The Bertz CT molecular complexity index is 1210. The van der Waals surface area contributed by atoms with Crippen LogP contribution in [0.2, 0.25) is 0 Å². The molecule has 3 nitrogen and oxygen atoms in total. The third kappa shape index (κ3) is 5.11. The van der Waals surface area contributed by atoms with E-state index in [4.69, 9.17) is 17.0 Å². The fourth-order valence-corrected chi connectivity index (χ4v) is 5.72. The summed E-state index contributed by atoms with van der Waals surface area (Å²) in [5.41, 5.74) is 2.11. The van der Waals surface area contributed by atoms with Crippen molar-refractivity contribution in [3.8, 4) is 5.75 Å². The Labute approximate surface area is 209 Å². The molecule has 4 rings (SSSR count). The van der Waals surface area contributed by atoms with E-state index in [2.05, 4.69) is 31.9 Å². The van der Waals surface area contributed by atoms with Crippen molar-refractivity contribution in [2.75, 3.05) is 4.90 Å². The van der Waals surface area contributed by atoms with Crippen LogP contribution in [0.4, 0.5) is 14.5 Å². The molecule has 1 aliphatic rings. The van der Waals surface area contributed by atoms with Crippen LogP contribution in [0.15, 0.2) is 74.5 Å². The van der Waals surface area contributed by atoms with E-state index in [1.54, 1.807) is 18.2 Å². The van der Waals surface area contributed by atoms with Crippen molar-refractivity contribution in [1.29, 1.82) is 0 Å². The lowest BCUT2D eigenvalue weighted by atomic mass is 10.2. The average molecular weight is 597 g/mol. The Hall–Kier alpha value is -2.07. The summed E-state index contributed by atoms with van der Waals surface area (Å²) in [5, 5.41) is 0. The normalized spacial score (nSPS) is 15.0. The molecule has 0 spiro atoms. The fraction of sp³-hybridized carbons (Fsp3) is 0.0435. The molecule has 0 aliphatic carbocycles. The van der Waals surface area contributed by atoms with Crippen LogP contribution in [0.25, 0.3) is 6.08 Å². The number of thioether (sulfide) groups is 1. The molecule has 1 amide bonds. The molecule has 0 aromatic heterocycles. The molecule has 0 radical (unpaired) electrons. The first-order valence-corrected chi connectivity index (χ1v) is 12.0. The molecule has 32 heavy (non-hydrogen) atoms. The maximum atomic E-state index is 13.2. The monoisotopic (exact) mass is 595 g/mol. The highest BCUT2D eigenvalue weighted by atomic mass is 79.9. The molecular formula is C23H13Br2F2NO2S2. The minimum absolute atomic E-state index is 0.268. The van der Waals surface area contributed by atoms with Gasteiger partial charge in [0.15, 0.2) is 4.32 Å². The summed E-state index contributed by atoms with van der Waals surface area (Å²) in [6.45, 7) is 0.271. The van der Waals surface area contributed by atoms with Gasteiger partial charge in [-0.05, 0) is 97.6 Å². The van der Waals surface area contributed by atoms with Crippen LogP contribution >= 0.6 is 55.8 Å². The second-order valence-electron chi connectivity index (χ2n) is 6.72. The van der Waals surface area contributed by atoms with Gasteiger partial charge in [0, 0.05) is 0 Å². The van der Waals surface area contributed by atoms with E-state index in [0.29, 0.717) is 29.6 Å². The summed E-state index contributed by atoms with van der Waals surface area (Å²) in [6, 6.07) is 15.4. The van der Waals surface area contributed by atoms with Gasteiger partial charge in [-0.2, -0.15) is 0 Å². The molecule has 1 saturated heterocycles. The summed E-state index contributed by atoms with van der Waals surface area (Å²) in [4.78, 5) is 14.7. The molecular weight excluding hydrogens is 584 g/mol. The third-order valence-electron chi connectivity index (χ3n) is 4.49. The molecule has 0 N–H and O–H groups in total. The second-order valence-corrected chi connectivity index (χ2v) is 10.1.